The number of hydrogen-bond donors (Lipinski definition) is 1. The molecule has 1 aromatic rings. The van der Waals surface area contributed by atoms with Gasteiger partial charge in [-0.3, -0.25) is 4.90 Å². The van der Waals surface area contributed by atoms with E-state index in [4.69, 9.17) is 15.2 Å². The predicted molar refractivity (Wildman–Crippen MR) is 78.3 cm³/mol. The van der Waals surface area contributed by atoms with Gasteiger partial charge < -0.3 is 20.1 Å². The molecule has 0 aliphatic carbocycles. The molecule has 1 heterocycles. The molecule has 6 nitrogen and oxygen atoms in total. The van der Waals surface area contributed by atoms with Crippen LogP contribution < -0.4 is 15.5 Å². The van der Waals surface area contributed by atoms with E-state index in [1.807, 2.05) is 31.3 Å². The van der Waals surface area contributed by atoms with Crippen molar-refractivity contribution in [3.63, 3.8) is 0 Å². The Kier molecular flexibility index (Phi) is 4.81. The van der Waals surface area contributed by atoms with Crippen LogP contribution in [-0.2, 0) is 9.47 Å². The Morgan fingerprint density at radius 1 is 1.45 bits per heavy atom. The topological polar surface area (TPSA) is 68.0 Å². The average Bonchev–Trinajstić information content (AvgIpc) is 2.86. The second-order valence-electron chi connectivity index (χ2n) is 4.78. The summed E-state index contributed by atoms with van der Waals surface area (Å²) in [6.45, 7) is 2.35. The molecule has 0 radical (unpaired) electrons. The van der Waals surface area contributed by atoms with Crippen molar-refractivity contribution in [3.8, 4) is 0 Å². The number of likely N-dealkylation sites (N-methyl/N-ethyl adjacent to an activating group) is 1. The van der Waals surface area contributed by atoms with Gasteiger partial charge in [-0.15, -0.1) is 0 Å². The number of methoxy groups -OCH3 is 1. The van der Waals surface area contributed by atoms with E-state index in [2.05, 4.69) is 4.90 Å². The molecule has 0 aromatic heterocycles. The van der Waals surface area contributed by atoms with E-state index in [9.17, 15) is 4.79 Å². The molecule has 1 saturated heterocycles. The van der Waals surface area contributed by atoms with E-state index < -0.39 is 0 Å². The molecular formula is C14H21N3O3. The molecule has 0 spiro atoms. The van der Waals surface area contributed by atoms with Crippen molar-refractivity contribution in [2.45, 2.75) is 6.10 Å². The van der Waals surface area contributed by atoms with Crippen LogP contribution in [-0.4, -0.2) is 52.6 Å². The van der Waals surface area contributed by atoms with Crippen molar-refractivity contribution in [1.29, 1.82) is 0 Å². The normalized spacial score (nSPS) is 18.2. The second-order valence-corrected chi connectivity index (χ2v) is 4.78. The van der Waals surface area contributed by atoms with Gasteiger partial charge in [-0.1, -0.05) is 0 Å². The van der Waals surface area contributed by atoms with Crippen LogP contribution in [0.15, 0.2) is 24.3 Å². The SMILES string of the molecule is COCCN(C)c1ccc(N2C[C@H](CN)OC2=O)cc1. The number of benzene rings is 1. The highest BCUT2D eigenvalue weighted by Crippen LogP contribution is 2.24. The Balaban J connectivity index is 2.03. The zero-order valence-corrected chi connectivity index (χ0v) is 11.9. The maximum atomic E-state index is 11.7. The van der Waals surface area contributed by atoms with Gasteiger partial charge in [0.2, 0.25) is 0 Å². The molecule has 1 aromatic carbocycles. The number of anilines is 2. The van der Waals surface area contributed by atoms with Gasteiger partial charge >= 0.3 is 6.09 Å². The quantitative estimate of drug-likeness (QED) is 0.843. The van der Waals surface area contributed by atoms with Crippen LogP contribution in [0.5, 0.6) is 0 Å². The first-order valence-corrected chi connectivity index (χ1v) is 6.64. The number of carbonyl (C=O) groups is 1. The van der Waals surface area contributed by atoms with Crippen LogP contribution in [0.3, 0.4) is 0 Å². The monoisotopic (exact) mass is 279 g/mol. The highest BCUT2D eigenvalue weighted by Gasteiger charge is 2.31. The van der Waals surface area contributed by atoms with E-state index in [1.54, 1.807) is 12.0 Å². The van der Waals surface area contributed by atoms with Crippen LogP contribution in [0, 0.1) is 0 Å². The largest absolute Gasteiger partial charge is 0.443 e. The van der Waals surface area contributed by atoms with E-state index in [0.717, 1.165) is 17.9 Å². The van der Waals surface area contributed by atoms with Gasteiger partial charge in [-0.25, -0.2) is 4.79 Å². The van der Waals surface area contributed by atoms with E-state index in [-0.39, 0.29) is 12.2 Å². The summed E-state index contributed by atoms with van der Waals surface area (Å²) in [7, 11) is 3.69. The molecule has 2 N–H and O–H groups in total. The number of nitrogens with two attached hydrogens (primary N) is 1. The summed E-state index contributed by atoms with van der Waals surface area (Å²) >= 11 is 0. The number of cyclic esters (lactones) is 1. The Bertz CT molecular complexity index is 449. The minimum atomic E-state index is -0.332. The van der Waals surface area contributed by atoms with E-state index >= 15 is 0 Å². The summed E-state index contributed by atoms with van der Waals surface area (Å²) in [5.74, 6) is 0. The highest BCUT2D eigenvalue weighted by molar-refractivity contribution is 5.90. The first-order chi connectivity index (χ1) is 9.65. The Hall–Kier alpha value is -1.79. The lowest BCUT2D eigenvalue weighted by Crippen LogP contribution is -2.27. The summed E-state index contributed by atoms with van der Waals surface area (Å²) in [6, 6.07) is 7.79. The zero-order valence-electron chi connectivity index (χ0n) is 11.9. The lowest BCUT2D eigenvalue weighted by atomic mass is 10.2. The number of ether oxygens (including phenoxy) is 2. The first kappa shape index (κ1) is 14.6. The molecule has 1 atom stereocenters. The van der Waals surface area contributed by atoms with Crippen LogP contribution in [0.1, 0.15) is 0 Å². The maximum absolute atomic E-state index is 11.7. The van der Waals surface area contributed by atoms with Crippen LogP contribution in [0.4, 0.5) is 16.2 Å². The summed E-state index contributed by atoms with van der Waals surface area (Å²) < 4.78 is 10.2. The molecule has 1 aliphatic rings. The number of rotatable bonds is 6. The fourth-order valence-electron chi connectivity index (χ4n) is 2.10. The van der Waals surface area contributed by atoms with E-state index in [1.165, 1.54) is 0 Å². The Morgan fingerprint density at radius 3 is 2.70 bits per heavy atom. The van der Waals surface area contributed by atoms with Crippen LogP contribution in [0.2, 0.25) is 0 Å². The third-order valence-corrected chi connectivity index (χ3v) is 3.37. The number of carbonyl (C=O) groups excluding carboxylic acids is 1. The molecule has 2 rings (SSSR count). The zero-order chi connectivity index (χ0) is 14.5. The van der Waals surface area contributed by atoms with Gasteiger partial charge in [0.1, 0.15) is 6.10 Å². The summed E-state index contributed by atoms with van der Waals surface area (Å²) in [4.78, 5) is 15.4. The minimum absolute atomic E-state index is 0.216. The third kappa shape index (κ3) is 3.20. The molecule has 1 fully saturated rings. The van der Waals surface area contributed by atoms with Crippen molar-refractivity contribution in [3.05, 3.63) is 24.3 Å². The average molecular weight is 279 g/mol. The van der Waals surface area contributed by atoms with Crippen molar-refractivity contribution in [2.24, 2.45) is 5.73 Å². The fraction of sp³-hybridized carbons (Fsp3) is 0.500. The molecule has 20 heavy (non-hydrogen) atoms. The number of amides is 1. The lowest BCUT2D eigenvalue weighted by molar-refractivity contribution is 0.145. The molecular weight excluding hydrogens is 258 g/mol. The van der Waals surface area contributed by atoms with Gasteiger partial charge in [-0.2, -0.15) is 0 Å². The Labute approximate surface area is 119 Å². The van der Waals surface area contributed by atoms with Crippen molar-refractivity contribution in [2.75, 3.05) is 50.2 Å². The summed E-state index contributed by atoms with van der Waals surface area (Å²) in [6.07, 6.45) is -0.549. The Morgan fingerprint density at radius 2 is 2.15 bits per heavy atom. The van der Waals surface area contributed by atoms with Gasteiger partial charge in [-0.05, 0) is 24.3 Å². The smallest absolute Gasteiger partial charge is 0.414 e. The fourth-order valence-corrected chi connectivity index (χ4v) is 2.10. The van der Waals surface area contributed by atoms with E-state index in [0.29, 0.717) is 19.7 Å². The molecule has 6 heteroatoms. The first-order valence-electron chi connectivity index (χ1n) is 6.64. The number of nitrogens with zero attached hydrogens (tertiary/aromatic N) is 2. The van der Waals surface area contributed by atoms with Crippen molar-refractivity contribution < 1.29 is 14.3 Å². The van der Waals surface area contributed by atoms with Crippen molar-refractivity contribution in [1.82, 2.24) is 0 Å². The summed E-state index contributed by atoms with van der Waals surface area (Å²) in [5, 5.41) is 0. The van der Waals surface area contributed by atoms with Crippen LogP contribution in [0.25, 0.3) is 0 Å². The minimum Gasteiger partial charge on any atom is -0.443 e. The lowest BCUT2D eigenvalue weighted by Gasteiger charge is -2.20. The van der Waals surface area contributed by atoms with Gasteiger partial charge in [0, 0.05) is 38.6 Å². The highest BCUT2D eigenvalue weighted by atomic mass is 16.6. The molecule has 0 bridgehead atoms. The third-order valence-electron chi connectivity index (χ3n) is 3.37. The molecule has 0 saturated carbocycles. The standard InChI is InChI=1S/C14H21N3O3/c1-16(7-8-19-2)11-3-5-12(6-4-11)17-10-13(9-15)20-14(17)18/h3-6,13H,7-10,15H2,1-2H3/t13-/m0/s1. The predicted octanol–water partition coefficient (Wildman–Crippen LogP) is 1.05. The molecule has 1 amide bonds. The van der Waals surface area contributed by atoms with Crippen LogP contribution >= 0.6 is 0 Å². The van der Waals surface area contributed by atoms with Gasteiger partial charge in [0.25, 0.3) is 0 Å². The molecule has 1 aliphatic heterocycles. The van der Waals surface area contributed by atoms with Gasteiger partial charge in [0.15, 0.2) is 0 Å². The van der Waals surface area contributed by atoms with Gasteiger partial charge in [0.05, 0.1) is 13.2 Å². The molecule has 0 unspecified atom stereocenters. The summed E-state index contributed by atoms with van der Waals surface area (Å²) in [5.41, 5.74) is 7.43. The van der Waals surface area contributed by atoms with Crippen molar-refractivity contribution >= 4 is 17.5 Å². The number of hydrogen-bond acceptors (Lipinski definition) is 5. The molecule has 110 valence electrons. The second kappa shape index (κ2) is 6.58. The maximum Gasteiger partial charge on any atom is 0.414 e.